The van der Waals surface area contributed by atoms with Gasteiger partial charge < -0.3 is 29.7 Å². The van der Waals surface area contributed by atoms with E-state index in [9.17, 15) is 29.5 Å². The number of H-pyrrole nitrogens is 1. The predicted molar refractivity (Wildman–Crippen MR) is 112 cm³/mol. The summed E-state index contributed by atoms with van der Waals surface area (Å²) in [6, 6.07) is 3.41. The Morgan fingerprint density at radius 2 is 1.72 bits per heavy atom. The van der Waals surface area contributed by atoms with Gasteiger partial charge in [-0.2, -0.15) is 4.98 Å². The molecule has 15 heteroatoms. The molecule has 2 aliphatic rings. The van der Waals surface area contributed by atoms with Crippen LogP contribution in [-0.2, 0) is 15.6 Å². The summed E-state index contributed by atoms with van der Waals surface area (Å²) in [5.74, 6) is -0.142. The largest absolute Gasteiger partial charge is 0.469 e. The fraction of sp³-hybridized carbons (Fsp3) is 0.412. The van der Waals surface area contributed by atoms with Gasteiger partial charge in [-0.25, -0.2) is 14.3 Å². The predicted octanol–water partition coefficient (Wildman–Crippen LogP) is -1.99. The van der Waals surface area contributed by atoms with E-state index in [2.05, 4.69) is 14.5 Å². The number of hydrogen-bond acceptors (Lipinski definition) is 9. The van der Waals surface area contributed by atoms with Crippen LogP contribution < -0.4 is 11.2 Å². The number of aromatic nitrogens is 4. The zero-order valence-electron chi connectivity index (χ0n) is 17.5. The molecule has 0 aromatic heterocycles. The van der Waals surface area contributed by atoms with Crippen molar-refractivity contribution < 1.29 is 34.2 Å². The van der Waals surface area contributed by atoms with Crippen molar-refractivity contribution >= 4 is 48.4 Å². The van der Waals surface area contributed by atoms with E-state index >= 15 is 0 Å². The van der Waals surface area contributed by atoms with Gasteiger partial charge in [0.05, 0.1) is 24.2 Å². The number of nitrogens with zero attached hydrogens (tertiary/aromatic N) is 3. The second kappa shape index (κ2) is 10.2. The Morgan fingerprint density at radius 3 is 2.34 bits per heavy atom. The number of fused-ring (bicyclic) bond motifs is 2. The Hall–Kier alpha value is -1.51. The van der Waals surface area contributed by atoms with E-state index in [1.807, 2.05) is 18.8 Å². The second-order valence-electron chi connectivity index (χ2n) is 7.10. The number of phosphoric ester groups is 1. The number of aliphatic hydroxyl groups excluding tert-OH is 3. The minimum atomic E-state index is -4.89. The third kappa shape index (κ3) is 5.88. The molecule has 0 spiro atoms. The van der Waals surface area contributed by atoms with Gasteiger partial charge in [-0.1, -0.05) is 0 Å². The van der Waals surface area contributed by atoms with Gasteiger partial charge in [-0.3, -0.25) is 14.3 Å². The molecule has 0 aliphatic carbocycles. The van der Waals surface area contributed by atoms with Gasteiger partial charge in [0.25, 0.3) is 5.56 Å². The number of aryl methyl sites for hydroxylation is 2. The second-order valence-corrected chi connectivity index (χ2v) is 8.34. The van der Waals surface area contributed by atoms with Crippen LogP contribution in [0, 0.1) is 13.8 Å². The van der Waals surface area contributed by atoms with E-state index in [0.717, 1.165) is 11.1 Å². The average Bonchev–Trinajstić information content (AvgIpc) is 2.67. The number of benzene rings is 1. The maximum absolute atomic E-state index is 12.2. The monoisotopic (exact) mass is 479 g/mol. The van der Waals surface area contributed by atoms with Crippen molar-refractivity contribution in [2.24, 2.45) is 0 Å². The molecule has 2 heterocycles. The van der Waals surface area contributed by atoms with Gasteiger partial charge in [0.2, 0.25) is 0 Å². The van der Waals surface area contributed by atoms with Gasteiger partial charge >= 0.3 is 13.5 Å². The summed E-state index contributed by atoms with van der Waals surface area (Å²) in [5, 5.41) is 30.5. The van der Waals surface area contributed by atoms with Crippen LogP contribution in [0.25, 0.3) is 22.6 Å². The fourth-order valence-corrected chi connectivity index (χ4v) is 3.41. The number of nitrogens with one attached hydrogen (secondary N) is 1. The smallest absolute Gasteiger partial charge is 0.388 e. The van der Waals surface area contributed by atoms with Gasteiger partial charge in [0, 0.05) is 29.6 Å². The molecule has 32 heavy (non-hydrogen) atoms. The molecule has 0 bridgehead atoms. The topological polar surface area (TPSA) is 208 Å². The van der Waals surface area contributed by atoms with Gasteiger partial charge in [-0.05, 0) is 37.1 Å². The molecule has 0 amide bonds. The Bertz CT molecular complexity index is 1260. The van der Waals surface area contributed by atoms with Crippen molar-refractivity contribution in [2.45, 2.75) is 38.7 Å². The quantitative estimate of drug-likeness (QED) is 0.124. The third-order valence-corrected chi connectivity index (χ3v) is 5.28. The Labute approximate surface area is 202 Å². The van der Waals surface area contributed by atoms with Crippen LogP contribution >= 0.6 is 7.82 Å². The zero-order chi connectivity index (χ0) is 23.1. The van der Waals surface area contributed by atoms with E-state index in [4.69, 9.17) is 9.79 Å². The summed E-state index contributed by atoms with van der Waals surface area (Å²) >= 11 is 0. The van der Waals surface area contributed by atoms with E-state index in [1.165, 1.54) is 4.57 Å². The van der Waals surface area contributed by atoms with Crippen molar-refractivity contribution in [3.05, 3.63) is 44.1 Å². The van der Waals surface area contributed by atoms with E-state index < -0.39 is 50.5 Å². The number of aliphatic hydroxyl groups is 3. The van der Waals surface area contributed by atoms with Crippen LogP contribution in [0.15, 0.2) is 21.7 Å². The summed E-state index contributed by atoms with van der Waals surface area (Å²) in [6.07, 6.45) is -5.40. The van der Waals surface area contributed by atoms with Crippen LogP contribution in [0.4, 0.5) is 0 Å². The Morgan fingerprint density at radius 1 is 1.09 bits per heavy atom. The summed E-state index contributed by atoms with van der Waals surface area (Å²) in [5.41, 5.74) is 0.618. The normalized spacial score (nSPS) is 14.8. The Kier molecular flexibility index (Phi) is 8.51. The summed E-state index contributed by atoms with van der Waals surface area (Å²) in [4.78, 5) is 51.5. The first-order chi connectivity index (χ1) is 14.4. The SMILES string of the molecule is Cc1cc2nc3c(=O)[nH]c(=O)nc-3n(CC(O)C(O)C(O)COP(=O)(O)O)c2cc1C.[Na]. The number of phosphoric acid groups is 1. The number of aromatic amines is 1. The molecule has 2 aliphatic heterocycles. The number of hydrogen-bond donors (Lipinski definition) is 6. The van der Waals surface area contributed by atoms with Crippen LogP contribution in [0.1, 0.15) is 11.1 Å². The molecule has 3 atom stereocenters. The first kappa shape index (κ1) is 26.7. The molecular weight excluding hydrogens is 458 g/mol. The van der Waals surface area contributed by atoms with Crippen molar-refractivity contribution in [3.63, 3.8) is 0 Å². The molecule has 13 nitrogen and oxygen atoms in total. The zero-order valence-corrected chi connectivity index (χ0v) is 20.4. The first-order valence-corrected chi connectivity index (χ1v) is 10.6. The fourth-order valence-electron chi connectivity index (χ4n) is 3.06. The minimum Gasteiger partial charge on any atom is -0.388 e. The molecular formula is C17H21N4NaO9P. The van der Waals surface area contributed by atoms with E-state index in [-0.39, 0.29) is 41.1 Å². The van der Waals surface area contributed by atoms with Gasteiger partial charge in [0.1, 0.15) is 18.3 Å². The van der Waals surface area contributed by atoms with E-state index in [0.29, 0.717) is 11.0 Å². The van der Waals surface area contributed by atoms with Crippen LogP contribution in [0.5, 0.6) is 0 Å². The first-order valence-electron chi connectivity index (χ1n) is 9.03. The molecule has 169 valence electrons. The molecule has 1 aromatic carbocycles. The van der Waals surface area contributed by atoms with Crippen LogP contribution in [0.3, 0.4) is 0 Å². The van der Waals surface area contributed by atoms with Crippen molar-refractivity contribution in [1.29, 1.82) is 0 Å². The molecule has 3 unspecified atom stereocenters. The summed E-state index contributed by atoms with van der Waals surface area (Å²) in [6.45, 7) is 2.29. The average molecular weight is 479 g/mol. The molecule has 3 rings (SSSR count). The number of rotatable bonds is 7. The van der Waals surface area contributed by atoms with Crippen molar-refractivity contribution in [2.75, 3.05) is 6.61 Å². The third-order valence-electron chi connectivity index (χ3n) is 4.80. The molecule has 6 N–H and O–H groups in total. The molecule has 1 radical (unpaired) electrons. The summed E-state index contributed by atoms with van der Waals surface area (Å²) < 4.78 is 16.2. The van der Waals surface area contributed by atoms with Crippen LogP contribution in [-0.4, -0.2) is 99.1 Å². The van der Waals surface area contributed by atoms with Gasteiger partial charge in [0.15, 0.2) is 11.5 Å². The molecule has 1 aromatic rings. The molecule has 0 saturated carbocycles. The maximum atomic E-state index is 12.2. The van der Waals surface area contributed by atoms with Crippen molar-refractivity contribution in [3.8, 4) is 11.5 Å². The standard InChI is InChI=1S/C17H21N4O9P.Na/c1-7-3-9-10(4-8(7)2)21(15-13(18-9)16(25)20-17(26)19-15)5-11(22)14(24)12(23)6-30-31(27,28)29;/h3-4,11-12,14,22-24H,5-6H2,1-2H3,(H,20,25,26)(H2,27,28,29);. The van der Waals surface area contributed by atoms with Crippen molar-refractivity contribution in [1.82, 2.24) is 19.5 Å². The minimum absolute atomic E-state index is 0. The van der Waals surface area contributed by atoms with Crippen LogP contribution in [0.2, 0.25) is 0 Å². The maximum Gasteiger partial charge on any atom is 0.469 e. The summed E-state index contributed by atoms with van der Waals surface area (Å²) in [7, 11) is -4.89. The molecule has 0 fully saturated rings. The van der Waals surface area contributed by atoms with E-state index in [1.54, 1.807) is 12.1 Å². The van der Waals surface area contributed by atoms with Gasteiger partial charge in [-0.15, -0.1) is 0 Å². The molecule has 0 saturated heterocycles. The Balaban J connectivity index is 0.00000363.